The summed E-state index contributed by atoms with van der Waals surface area (Å²) in [6.07, 6.45) is -2.78. The summed E-state index contributed by atoms with van der Waals surface area (Å²) in [5.41, 5.74) is 0. The predicted molar refractivity (Wildman–Crippen MR) is 128 cm³/mol. The molecule has 0 aromatic carbocycles. The minimum Gasteiger partial charge on any atom is -0.434 e. The number of hydrogen-bond donors (Lipinski definition) is 0. The van der Waals surface area contributed by atoms with Crippen LogP contribution in [0, 0.1) is 17.8 Å². The third-order valence-electron chi connectivity index (χ3n) is 3.76. The molecule has 0 radical (unpaired) electrons. The molecule has 0 spiro atoms. The topological polar surface area (TPSA) is 134 Å². The monoisotopic (exact) mass is 524 g/mol. The second kappa shape index (κ2) is 21.9. The van der Waals surface area contributed by atoms with E-state index in [0.717, 1.165) is 0 Å². The van der Waals surface area contributed by atoms with Crippen molar-refractivity contribution in [1.82, 2.24) is 0 Å². The highest BCUT2D eigenvalue weighted by atomic mass is 16.7. The number of carbonyl (C=O) groups is 3. The summed E-state index contributed by atoms with van der Waals surface area (Å²) >= 11 is 0. The van der Waals surface area contributed by atoms with E-state index in [9.17, 15) is 14.4 Å². The van der Waals surface area contributed by atoms with Crippen LogP contribution < -0.4 is 0 Å². The molecular weight excluding hydrogens is 480 g/mol. The average Bonchev–Trinajstić information content (AvgIpc) is 2.81. The second-order valence-electron chi connectivity index (χ2n) is 9.05. The van der Waals surface area contributed by atoms with E-state index < -0.39 is 24.6 Å². The molecule has 0 saturated heterocycles. The van der Waals surface area contributed by atoms with Gasteiger partial charge in [0.15, 0.2) is 0 Å². The first-order valence-electron chi connectivity index (χ1n) is 12.3. The fraction of sp³-hybridized carbons (Fsp3) is 0.875. The first-order valence-corrected chi connectivity index (χ1v) is 12.3. The van der Waals surface area contributed by atoms with Gasteiger partial charge in [-0.05, 0) is 17.8 Å². The van der Waals surface area contributed by atoms with Crippen LogP contribution in [0.3, 0.4) is 0 Å². The largest absolute Gasteiger partial charge is 0.508 e. The lowest BCUT2D eigenvalue weighted by Gasteiger charge is -2.18. The summed E-state index contributed by atoms with van der Waals surface area (Å²) in [7, 11) is 0. The molecule has 12 heteroatoms. The minimum atomic E-state index is -0.764. The van der Waals surface area contributed by atoms with Gasteiger partial charge < -0.3 is 42.6 Å². The molecule has 0 rings (SSSR count). The Balaban J connectivity index is 4.24. The van der Waals surface area contributed by atoms with Crippen molar-refractivity contribution >= 4 is 18.5 Å². The summed E-state index contributed by atoms with van der Waals surface area (Å²) in [5, 5.41) is 0. The molecule has 0 fully saturated rings. The maximum Gasteiger partial charge on any atom is 0.508 e. The molecule has 0 saturated carbocycles. The standard InChI is InChI=1S/C24H44O12/c1-18(2)13-34-22(25)31-9-7-28-16-21(30-11-12-33-24(27)36-15-20(5)6)17-29-8-10-32-23(26)35-14-19(3)4/h18-21H,7-17H2,1-6H3. The highest BCUT2D eigenvalue weighted by molar-refractivity contribution is 5.60. The van der Waals surface area contributed by atoms with Crippen LogP contribution in [-0.4, -0.2) is 97.2 Å². The van der Waals surface area contributed by atoms with Crippen LogP contribution in [0.25, 0.3) is 0 Å². The minimum absolute atomic E-state index is 0.0109. The van der Waals surface area contributed by atoms with Crippen LogP contribution in [0.5, 0.6) is 0 Å². The van der Waals surface area contributed by atoms with E-state index in [4.69, 9.17) is 42.6 Å². The van der Waals surface area contributed by atoms with Crippen molar-refractivity contribution in [2.75, 3.05) is 72.7 Å². The molecular formula is C24H44O12. The SMILES string of the molecule is CC(C)COC(=O)OCCOCC(COCCOC(=O)OCC(C)C)OCCOC(=O)OCC(C)C. The van der Waals surface area contributed by atoms with E-state index in [1.807, 2.05) is 41.5 Å². The van der Waals surface area contributed by atoms with Gasteiger partial charge in [-0.3, -0.25) is 0 Å². The third-order valence-corrected chi connectivity index (χ3v) is 3.76. The summed E-state index contributed by atoms with van der Waals surface area (Å²) in [6.45, 7) is 12.9. The zero-order valence-electron chi connectivity index (χ0n) is 22.5. The Hall–Kier alpha value is -2.31. The maximum absolute atomic E-state index is 11.5. The molecule has 0 amide bonds. The van der Waals surface area contributed by atoms with E-state index in [1.165, 1.54) is 0 Å². The summed E-state index contributed by atoms with van der Waals surface area (Å²) in [6, 6.07) is 0. The van der Waals surface area contributed by atoms with Gasteiger partial charge in [0, 0.05) is 0 Å². The van der Waals surface area contributed by atoms with Crippen LogP contribution in [-0.2, 0) is 42.6 Å². The molecule has 0 aromatic heterocycles. The van der Waals surface area contributed by atoms with Crippen molar-refractivity contribution in [3.05, 3.63) is 0 Å². The van der Waals surface area contributed by atoms with Crippen molar-refractivity contribution in [3.63, 3.8) is 0 Å². The first-order chi connectivity index (χ1) is 17.1. The zero-order valence-corrected chi connectivity index (χ0v) is 22.5. The molecule has 0 aliphatic rings. The highest BCUT2D eigenvalue weighted by Crippen LogP contribution is 2.00. The fourth-order valence-corrected chi connectivity index (χ4v) is 2.11. The number of carbonyl (C=O) groups excluding carboxylic acids is 3. The van der Waals surface area contributed by atoms with E-state index in [-0.39, 0.29) is 90.4 Å². The normalized spacial score (nSPS) is 11.2. The summed E-state index contributed by atoms with van der Waals surface area (Å²) in [5.74, 6) is 0.627. The molecule has 36 heavy (non-hydrogen) atoms. The average molecular weight is 525 g/mol. The molecule has 0 aliphatic heterocycles. The maximum atomic E-state index is 11.5. The van der Waals surface area contributed by atoms with E-state index in [2.05, 4.69) is 0 Å². The number of hydrogen-bond acceptors (Lipinski definition) is 12. The van der Waals surface area contributed by atoms with Gasteiger partial charge in [-0.1, -0.05) is 41.5 Å². The number of ether oxygens (including phenoxy) is 9. The Morgan fingerprint density at radius 1 is 0.444 bits per heavy atom. The van der Waals surface area contributed by atoms with Crippen molar-refractivity contribution in [3.8, 4) is 0 Å². The van der Waals surface area contributed by atoms with Crippen molar-refractivity contribution in [2.45, 2.75) is 47.6 Å². The Morgan fingerprint density at radius 2 is 0.778 bits per heavy atom. The summed E-state index contributed by atoms with van der Waals surface area (Å²) < 4.78 is 46.2. The van der Waals surface area contributed by atoms with Crippen molar-refractivity contribution in [2.24, 2.45) is 17.8 Å². The highest BCUT2D eigenvalue weighted by Gasteiger charge is 2.13. The van der Waals surface area contributed by atoms with Gasteiger partial charge in [-0.15, -0.1) is 0 Å². The van der Waals surface area contributed by atoms with Crippen LogP contribution in [0.4, 0.5) is 14.4 Å². The molecule has 0 aromatic rings. The van der Waals surface area contributed by atoms with Gasteiger partial charge in [0.2, 0.25) is 0 Å². The lowest BCUT2D eigenvalue weighted by atomic mass is 10.2. The van der Waals surface area contributed by atoms with E-state index in [0.29, 0.717) is 0 Å². The molecule has 0 heterocycles. The van der Waals surface area contributed by atoms with Gasteiger partial charge in [0.25, 0.3) is 0 Å². The lowest BCUT2D eigenvalue weighted by Crippen LogP contribution is -2.29. The second-order valence-corrected chi connectivity index (χ2v) is 9.05. The third kappa shape index (κ3) is 23.4. The van der Waals surface area contributed by atoms with Crippen LogP contribution in [0.15, 0.2) is 0 Å². The van der Waals surface area contributed by atoms with E-state index >= 15 is 0 Å². The Labute approximate surface area is 214 Å². The molecule has 0 atom stereocenters. The Kier molecular flexibility index (Phi) is 20.5. The summed E-state index contributed by atoms with van der Waals surface area (Å²) in [4.78, 5) is 34.4. The van der Waals surface area contributed by atoms with Crippen LogP contribution in [0.2, 0.25) is 0 Å². The van der Waals surface area contributed by atoms with Gasteiger partial charge >= 0.3 is 18.5 Å². The van der Waals surface area contributed by atoms with Crippen molar-refractivity contribution < 1.29 is 57.0 Å². The molecule has 0 bridgehead atoms. The van der Waals surface area contributed by atoms with Gasteiger partial charge in [-0.2, -0.15) is 0 Å². The molecule has 0 N–H and O–H groups in total. The van der Waals surface area contributed by atoms with E-state index in [1.54, 1.807) is 0 Å². The smallest absolute Gasteiger partial charge is 0.434 e. The number of rotatable bonds is 20. The molecule has 212 valence electrons. The van der Waals surface area contributed by atoms with Crippen LogP contribution >= 0.6 is 0 Å². The van der Waals surface area contributed by atoms with Gasteiger partial charge in [-0.25, -0.2) is 14.4 Å². The Morgan fingerprint density at radius 3 is 1.11 bits per heavy atom. The van der Waals surface area contributed by atoms with Gasteiger partial charge in [0.1, 0.15) is 25.9 Å². The fourth-order valence-electron chi connectivity index (χ4n) is 2.11. The van der Waals surface area contributed by atoms with Gasteiger partial charge in [0.05, 0.1) is 52.9 Å². The van der Waals surface area contributed by atoms with Crippen molar-refractivity contribution in [1.29, 1.82) is 0 Å². The quantitative estimate of drug-likeness (QED) is 0.130. The van der Waals surface area contributed by atoms with Crippen LogP contribution in [0.1, 0.15) is 41.5 Å². The predicted octanol–water partition coefficient (Wildman–Crippen LogP) is 3.83. The molecule has 0 unspecified atom stereocenters. The zero-order chi connectivity index (χ0) is 27.2. The lowest BCUT2D eigenvalue weighted by molar-refractivity contribution is -0.0799. The first kappa shape index (κ1) is 33.7. The Bertz CT molecular complexity index is 545. The molecule has 0 aliphatic carbocycles. The molecule has 12 nitrogen and oxygen atoms in total.